The quantitative estimate of drug-likeness (QED) is 0.516. The predicted molar refractivity (Wildman–Crippen MR) is 28.7 cm³/mol. The molecule has 1 unspecified atom stereocenters. The van der Waals surface area contributed by atoms with Gasteiger partial charge >= 0.3 is 0 Å². The van der Waals surface area contributed by atoms with E-state index in [4.69, 9.17) is 0 Å². The summed E-state index contributed by atoms with van der Waals surface area (Å²) in [6.07, 6.45) is -3.68. The number of carbonyl (C=O) groups is 1. The standard InChI is InChI=1S/C6H7F3O/c7-4-3-6(8,9)2-1-5(4)10/h4H,1-3H2. The van der Waals surface area contributed by atoms with E-state index in [9.17, 15) is 18.0 Å². The van der Waals surface area contributed by atoms with Gasteiger partial charge in [0, 0.05) is 19.3 Å². The van der Waals surface area contributed by atoms with Gasteiger partial charge in [0.05, 0.1) is 0 Å². The van der Waals surface area contributed by atoms with Crippen LogP contribution in [0.25, 0.3) is 0 Å². The van der Waals surface area contributed by atoms with Crippen molar-refractivity contribution < 1.29 is 18.0 Å². The second-order valence-corrected chi connectivity index (χ2v) is 2.49. The van der Waals surface area contributed by atoms with Gasteiger partial charge < -0.3 is 0 Å². The minimum absolute atomic E-state index is 0.325. The van der Waals surface area contributed by atoms with Gasteiger partial charge in [0.15, 0.2) is 12.0 Å². The van der Waals surface area contributed by atoms with E-state index in [1.807, 2.05) is 0 Å². The van der Waals surface area contributed by atoms with Gasteiger partial charge in [-0.25, -0.2) is 13.2 Å². The Hall–Kier alpha value is -0.540. The van der Waals surface area contributed by atoms with Crippen LogP contribution in [0.3, 0.4) is 0 Å². The SMILES string of the molecule is O=C1CCC(F)(F)CC1F. The average Bonchev–Trinajstić information content (AvgIpc) is 1.79. The fourth-order valence-corrected chi connectivity index (χ4v) is 0.941. The number of hydrogen-bond acceptors (Lipinski definition) is 1. The topological polar surface area (TPSA) is 17.1 Å². The van der Waals surface area contributed by atoms with Crippen molar-refractivity contribution in [3.05, 3.63) is 0 Å². The Labute approximate surface area is 56.2 Å². The zero-order valence-corrected chi connectivity index (χ0v) is 5.24. The fraction of sp³-hybridized carbons (Fsp3) is 0.833. The third kappa shape index (κ3) is 1.49. The summed E-state index contributed by atoms with van der Waals surface area (Å²) in [7, 11) is 0. The average molecular weight is 152 g/mol. The lowest BCUT2D eigenvalue weighted by Gasteiger charge is -2.22. The first kappa shape index (κ1) is 7.57. The van der Waals surface area contributed by atoms with E-state index in [1.54, 1.807) is 0 Å². The van der Waals surface area contributed by atoms with Crippen LogP contribution in [0.4, 0.5) is 13.2 Å². The summed E-state index contributed by atoms with van der Waals surface area (Å²) in [6, 6.07) is 0. The van der Waals surface area contributed by atoms with E-state index in [0.717, 1.165) is 0 Å². The van der Waals surface area contributed by atoms with E-state index in [0.29, 0.717) is 0 Å². The molecule has 0 radical (unpaired) electrons. The van der Waals surface area contributed by atoms with Gasteiger partial charge in [-0.2, -0.15) is 0 Å². The molecule has 0 N–H and O–H groups in total. The molecule has 58 valence electrons. The van der Waals surface area contributed by atoms with Crippen molar-refractivity contribution in [1.82, 2.24) is 0 Å². The van der Waals surface area contributed by atoms with Crippen LogP contribution < -0.4 is 0 Å². The smallest absolute Gasteiger partial charge is 0.251 e. The molecule has 10 heavy (non-hydrogen) atoms. The Bertz CT molecular complexity index is 155. The molecule has 1 saturated carbocycles. The molecule has 0 aliphatic heterocycles. The number of halogens is 3. The summed E-state index contributed by atoms with van der Waals surface area (Å²) in [5, 5.41) is 0. The van der Waals surface area contributed by atoms with Gasteiger partial charge in [0.25, 0.3) is 5.92 Å². The monoisotopic (exact) mass is 152 g/mol. The van der Waals surface area contributed by atoms with Crippen LogP contribution in [0.15, 0.2) is 0 Å². The van der Waals surface area contributed by atoms with E-state index in [2.05, 4.69) is 0 Å². The third-order valence-corrected chi connectivity index (χ3v) is 1.56. The highest BCUT2D eigenvalue weighted by atomic mass is 19.3. The van der Waals surface area contributed by atoms with Crippen molar-refractivity contribution in [3.63, 3.8) is 0 Å². The van der Waals surface area contributed by atoms with Gasteiger partial charge in [0.1, 0.15) is 0 Å². The van der Waals surface area contributed by atoms with Crippen molar-refractivity contribution in [2.75, 3.05) is 0 Å². The number of alkyl halides is 3. The van der Waals surface area contributed by atoms with Crippen molar-refractivity contribution in [2.24, 2.45) is 0 Å². The Morgan fingerprint density at radius 2 is 2.10 bits per heavy atom. The molecule has 0 aromatic carbocycles. The highest BCUT2D eigenvalue weighted by molar-refractivity contribution is 5.83. The summed E-state index contributed by atoms with van der Waals surface area (Å²) in [4.78, 5) is 10.4. The van der Waals surface area contributed by atoms with Crippen molar-refractivity contribution >= 4 is 5.78 Å². The summed E-state index contributed by atoms with van der Waals surface area (Å²) in [5.74, 6) is -3.65. The Morgan fingerprint density at radius 3 is 2.50 bits per heavy atom. The number of ketones is 1. The lowest BCUT2D eigenvalue weighted by Crippen LogP contribution is -2.33. The maximum Gasteiger partial charge on any atom is 0.251 e. The minimum Gasteiger partial charge on any atom is -0.296 e. The molecule has 0 heterocycles. The number of Topliss-reactive ketones (excluding diaryl/α,β-unsaturated/α-hetero) is 1. The third-order valence-electron chi connectivity index (χ3n) is 1.56. The minimum atomic E-state index is -2.96. The predicted octanol–water partition coefficient (Wildman–Crippen LogP) is 1.71. The van der Waals surface area contributed by atoms with Crippen molar-refractivity contribution in [3.8, 4) is 0 Å². The highest BCUT2D eigenvalue weighted by Crippen LogP contribution is 2.32. The first-order chi connectivity index (χ1) is 4.51. The van der Waals surface area contributed by atoms with Crippen LogP contribution >= 0.6 is 0 Å². The van der Waals surface area contributed by atoms with Crippen molar-refractivity contribution in [1.29, 1.82) is 0 Å². The van der Waals surface area contributed by atoms with E-state index >= 15 is 0 Å². The summed E-state index contributed by atoms with van der Waals surface area (Å²) in [6.45, 7) is 0. The van der Waals surface area contributed by atoms with Gasteiger partial charge in [-0.05, 0) is 0 Å². The second kappa shape index (κ2) is 2.25. The lowest BCUT2D eigenvalue weighted by molar-refractivity contribution is -0.136. The van der Waals surface area contributed by atoms with E-state index in [-0.39, 0.29) is 6.42 Å². The van der Waals surface area contributed by atoms with Gasteiger partial charge in [-0.1, -0.05) is 0 Å². The highest BCUT2D eigenvalue weighted by Gasteiger charge is 2.40. The maximum absolute atomic E-state index is 12.2. The molecule has 0 aromatic heterocycles. The Balaban J connectivity index is 2.57. The van der Waals surface area contributed by atoms with Crippen LogP contribution in [0.5, 0.6) is 0 Å². The molecule has 1 atom stereocenters. The lowest BCUT2D eigenvalue weighted by atomic mass is 9.94. The van der Waals surface area contributed by atoms with Gasteiger partial charge in [0.2, 0.25) is 0 Å². The Kier molecular flexibility index (Phi) is 1.70. The summed E-state index contributed by atoms with van der Waals surface area (Å²) in [5.41, 5.74) is 0. The molecule has 1 rings (SSSR count). The molecule has 1 aliphatic carbocycles. The molecule has 1 nitrogen and oxygen atoms in total. The molecule has 4 heteroatoms. The van der Waals surface area contributed by atoms with Gasteiger partial charge in [-0.15, -0.1) is 0 Å². The van der Waals surface area contributed by atoms with Crippen LogP contribution in [-0.2, 0) is 4.79 Å². The van der Waals surface area contributed by atoms with E-state index < -0.39 is 30.7 Å². The normalized spacial score (nSPS) is 32.3. The molecule has 0 saturated heterocycles. The summed E-state index contributed by atoms with van der Waals surface area (Å²) < 4.78 is 36.7. The molecule has 0 aromatic rings. The first-order valence-electron chi connectivity index (χ1n) is 3.06. The second-order valence-electron chi connectivity index (χ2n) is 2.49. The number of rotatable bonds is 0. The molecular formula is C6H7F3O. The first-order valence-corrected chi connectivity index (χ1v) is 3.06. The zero-order valence-electron chi connectivity index (χ0n) is 5.24. The van der Waals surface area contributed by atoms with Crippen LogP contribution in [-0.4, -0.2) is 17.9 Å². The van der Waals surface area contributed by atoms with Crippen LogP contribution in [0.2, 0.25) is 0 Å². The number of hydrogen-bond donors (Lipinski definition) is 0. The van der Waals surface area contributed by atoms with Crippen molar-refractivity contribution in [2.45, 2.75) is 31.4 Å². The summed E-state index contributed by atoms with van der Waals surface area (Å²) >= 11 is 0. The molecular weight excluding hydrogens is 145 g/mol. The molecule has 1 aliphatic rings. The molecule has 1 fully saturated rings. The Morgan fingerprint density at radius 1 is 1.50 bits per heavy atom. The fourth-order valence-electron chi connectivity index (χ4n) is 0.941. The molecule has 0 spiro atoms. The maximum atomic E-state index is 12.2. The zero-order chi connectivity index (χ0) is 7.78. The van der Waals surface area contributed by atoms with E-state index in [1.165, 1.54) is 0 Å². The molecule has 0 bridgehead atoms. The van der Waals surface area contributed by atoms with Crippen LogP contribution in [0.1, 0.15) is 19.3 Å². The van der Waals surface area contributed by atoms with Crippen LogP contribution in [0, 0.1) is 0 Å². The largest absolute Gasteiger partial charge is 0.296 e. The molecule has 0 amide bonds. The number of carbonyl (C=O) groups excluding carboxylic acids is 1. The van der Waals surface area contributed by atoms with Gasteiger partial charge in [-0.3, -0.25) is 4.79 Å².